The van der Waals surface area contributed by atoms with E-state index in [0.29, 0.717) is 30.6 Å². The van der Waals surface area contributed by atoms with Crippen LogP contribution in [-0.2, 0) is 19.1 Å². The molecule has 24 heavy (non-hydrogen) atoms. The number of ether oxygens (including phenoxy) is 1. The second kappa shape index (κ2) is 5.01. The lowest BCUT2D eigenvalue weighted by atomic mass is 9.54. The molecule has 0 radical (unpaired) electrons. The van der Waals surface area contributed by atoms with Crippen molar-refractivity contribution in [3.05, 3.63) is 33.9 Å². The summed E-state index contributed by atoms with van der Waals surface area (Å²) in [4.78, 5) is 37.7. The van der Waals surface area contributed by atoms with Crippen molar-refractivity contribution >= 4 is 17.5 Å². The summed E-state index contributed by atoms with van der Waals surface area (Å²) < 4.78 is 5.23. The Balaban J connectivity index is 1.81. The van der Waals surface area contributed by atoms with E-state index in [9.17, 15) is 14.4 Å². The first-order valence-electron chi connectivity index (χ1n) is 8.78. The Morgan fingerprint density at radius 2 is 1.92 bits per heavy atom. The molecule has 0 amide bonds. The SMILES string of the molecule is CC(C)C1=CC(=O)C2=C(CCC3C4=C(CC[C@]23C)C(=O)OC4)C1=O. The van der Waals surface area contributed by atoms with Crippen LogP contribution in [0.25, 0.3) is 0 Å². The lowest BCUT2D eigenvalue weighted by molar-refractivity contribution is -0.136. The lowest BCUT2D eigenvalue weighted by Crippen LogP contribution is -2.43. The minimum atomic E-state index is -0.355. The van der Waals surface area contributed by atoms with Crippen LogP contribution in [0.1, 0.15) is 46.5 Å². The molecular weight excluding hydrogens is 304 g/mol. The summed E-state index contributed by atoms with van der Waals surface area (Å²) in [5.74, 6) is 0.0483. The second-order valence-corrected chi connectivity index (χ2v) is 7.89. The van der Waals surface area contributed by atoms with E-state index >= 15 is 0 Å². The zero-order chi connectivity index (χ0) is 17.2. The van der Waals surface area contributed by atoms with Crippen molar-refractivity contribution in [2.24, 2.45) is 17.3 Å². The van der Waals surface area contributed by atoms with Gasteiger partial charge in [-0.25, -0.2) is 4.79 Å². The Kier molecular flexibility index (Phi) is 3.25. The predicted molar refractivity (Wildman–Crippen MR) is 88.0 cm³/mol. The summed E-state index contributed by atoms with van der Waals surface area (Å²) in [6, 6.07) is 0. The third-order valence-electron chi connectivity index (χ3n) is 6.32. The number of ketones is 2. The zero-order valence-corrected chi connectivity index (χ0v) is 14.4. The van der Waals surface area contributed by atoms with Gasteiger partial charge in [-0.2, -0.15) is 0 Å². The van der Waals surface area contributed by atoms with Crippen molar-refractivity contribution in [2.75, 3.05) is 6.61 Å². The summed E-state index contributed by atoms with van der Waals surface area (Å²) in [7, 11) is 0. The van der Waals surface area contributed by atoms with Crippen LogP contribution in [0, 0.1) is 17.3 Å². The van der Waals surface area contributed by atoms with Gasteiger partial charge in [0.05, 0.1) is 0 Å². The number of cyclic esters (lactones) is 1. The van der Waals surface area contributed by atoms with Crippen LogP contribution in [-0.4, -0.2) is 24.1 Å². The maximum absolute atomic E-state index is 12.9. The molecule has 1 heterocycles. The fourth-order valence-electron chi connectivity index (χ4n) is 5.06. The van der Waals surface area contributed by atoms with Crippen LogP contribution in [0.5, 0.6) is 0 Å². The molecule has 0 aromatic heterocycles. The molecule has 0 bridgehead atoms. The van der Waals surface area contributed by atoms with Crippen LogP contribution < -0.4 is 0 Å². The highest BCUT2D eigenvalue weighted by Crippen LogP contribution is 2.57. The van der Waals surface area contributed by atoms with Crippen LogP contribution in [0.2, 0.25) is 0 Å². The minimum Gasteiger partial charge on any atom is -0.458 e. The maximum atomic E-state index is 12.9. The molecule has 0 fully saturated rings. The lowest BCUT2D eigenvalue weighted by Gasteiger charge is -2.47. The third kappa shape index (κ3) is 1.89. The van der Waals surface area contributed by atoms with Gasteiger partial charge in [0.1, 0.15) is 6.61 Å². The van der Waals surface area contributed by atoms with Gasteiger partial charge in [0.2, 0.25) is 0 Å². The molecule has 4 nitrogen and oxygen atoms in total. The largest absolute Gasteiger partial charge is 0.458 e. The van der Waals surface area contributed by atoms with Crippen LogP contribution >= 0.6 is 0 Å². The first kappa shape index (κ1) is 15.6. The van der Waals surface area contributed by atoms with Crippen molar-refractivity contribution in [2.45, 2.75) is 46.5 Å². The number of allylic oxidation sites excluding steroid dienone is 4. The Morgan fingerprint density at radius 3 is 2.62 bits per heavy atom. The van der Waals surface area contributed by atoms with Crippen molar-refractivity contribution in [1.29, 1.82) is 0 Å². The molecule has 126 valence electrons. The number of Topliss-reactive ketones (excluding diaryl/α,β-unsaturated/α-hetero) is 1. The Labute approximate surface area is 141 Å². The Hall–Kier alpha value is -1.97. The molecule has 3 aliphatic carbocycles. The predicted octanol–water partition coefficient (Wildman–Crippen LogP) is 3.08. The number of fused-ring (bicyclic) bond motifs is 3. The maximum Gasteiger partial charge on any atom is 0.334 e. The van der Waals surface area contributed by atoms with Crippen LogP contribution in [0.3, 0.4) is 0 Å². The number of esters is 1. The van der Waals surface area contributed by atoms with E-state index in [1.807, 2.05) is 13.8 Å². The average Bonchev–Trinajstić information content (AvgIpc) is 2.90. The molecule has 4 rings (SSSR count). The molecular formula is C20H22O4. The highest BCUT2D eigenvalue weighted by atomic mass is 16.5. The molecule has 4 heteroatoms. The van der Waals surface area contributed by atoms with E-state index in [0.717, 1.165) is 29.6 Å². The molecule has 0 spiro atoms. The molecule has 0 saturated heterocycles. The van der Waals surface area contributed by atoms with Gasteiger partial charge >= 0.3 is 5.97 Å². The van der Waals surface area contributed by atoms with Crippen LogP contribution in [0.4, 0.5) is 0 Å². The molecule has 1 aliphatic heterocycles. The quantitative estimate of drug-likeness (QED) is 0.549. The highest BCUT2D eigenvalue weighted by molar-refractivity contribution is 6.23. The molecule has 4 aliphatic rings. The van der Waals surface area contributed by atoms with Crippen molar-refractivity contribution < 1.29 is 19.1 Å². The molecule has 2 atom stereocenters. The number of hydrogen-bond donors (Lipinski definition) is 0. The van der Waals surface area contributed by atoms with Crippen molar-refractivity contribution in [3.63, 3.8) is 0 Å². The summed E-state index contributed by atoms with van der Waals surface area (Å²) in [6.45, 7) is 6.36. The number of carbonyl (C=O) groups is 3. The summed E-state index contributed by atoms with van der Waals surface area (Å²) in [5, 5.41) is 0. The zero-order valence-electron chi connectivity index (χ0n) is 14.4. The van der Waals surface area contributed by atoms with E-state index in [2.05, 4.69) is 6.92 Å². The van der Waals surface area contributed by atoms with E-state index in [1.165, 1.54) is 0 Å². The van der Waals surface area contributed by atoms with Gasteiger partial charge in [0, 0.05) is 27.7 Å². The molecule has 0 saturated carbocycles. The monoisotopic (exact) mass is 326 g/mol. The fraction of sp³-hybridized carbons (Fsp3) is 0.550. The average molecular weight is 326 g/mol. The normalized spacial score (nSPS) is 32.6. The molecule has 1 unspecified atom stereocenters. The summed E-state index contributed by atoms with van der Waals surface area (Å²) in [6.07, 6.45) is 4.36. The summed E-state index contributed by atoms with van der Waals surface area (Å²) >= 11 is 0. The number of carbonyl (C=O) groups excluding carboxylic acids is 3. The minimum absolute atomic E-state index is 0.00482. The Morgan fingerprint density at radius 1 is 1.17 bits per heavy atom. The smallest absolute Gasteiger partial charge is 0.334 e. The van der Waals surface area contributed by atoms with Crippen LogP contribution in [0.15, 0.2) is 33.9 Å². The van der Waals surface area contributed by atoms with Gasteiger partial charge < -0.3 is 4.74 Å². The van der Waals surface area contributed by atoms with Crippen molar-refractivity contribution in [1.82, 2.24) is 0 Å². The highest BCUT2D eigenvalue weighted by Gasteiger charge is 2.52. The van der Waals surface area contributed by atoms with Gasteiger partial charge in [0.15, 0.2) is 11.6 Å². The van der Waals surface area contributed by atoms with Gasteiger partial charge in [-0.15, -0.1) is 0 Å². The topological polar surface area (TPSA) is 60.4 Å². The van der Waals surface area contributed by atoms with Gasteiger partial charge in [-0.05, 0) is 49.2 Å². The number of rotatable bonds is 1. The third-order valence-corrected chi connectivity index (χ3v) is 6.32. The molecule has 0 aromatic rings. The molecule has 0 N–H and O–H groups in total. The first-order valence-corrected chi connectivity index (χ1v) is 8.78. The van der Waals surface area contributed by atoms with E-state index in [-0.39, 0.29) is 34.8 Å². The van der Waals surface area contributed by atoms with E-state index in [1.54, 1.807) is 6.08 Å². The fourth-order valence-corrected chi connectivity index (χ4v) is 5.06. The Bertz CT molecular complexity index is 777. The van der Waals surface area contributed by atoms with Gasteiger partial charge in [-0.3, -0.25) is 9.59 Å². The van der Waals surface area contributed by atoms with Gasteiger partial charge in [-0.1, -0.05) is 20.8 Å². The van der Waals surface area contributed by atoms with Crippen molar-refractivity contribution in [3.8, 4) is 0 Å². The first-order chi connectivity index (χ1) is 11.3. The summed E-state index contributed by atoms with van der Waals surface area (Å²) in [5.41, 5.74) is 3.59. The standard InChI is InChI=1S/C20H22O4/c1-10(2)13-8-16(21)17-12(18(13)22)4-5-15-14-9-24-19(23)11(14)6-7-20(15,17)3/h8,10,15H,4-7,9H2,1-3H3/t15?,20-/m0/s1. The molecule has 0 aromatic carbocycles. The van der Waals surface area contributed by atoms with E-state index < -0.39 is 0 Å². The van der Waals surface area contributed by atoms with E-state index in [4.69, 9.17) is 4.74 Å². The van der Waals surface area contributed by atoms with Gasteiger partial charge in [0.25, 0.3) is 0 Å². The number of hydrogen-bond acceptors (Lipinski definition) is 4. The second-order valence-electron chi connectivity index (χ2n) is 7.89.